The van der Waals surface area contributed by atoms with Crippen LogP contribution in [0, 0.1) is 12.4 Å². The monoisotopic (exact) mass is 532 g/mol. The van der Waals surface area contributed by atoms with Gasteiger partial charge in [-0.3, -0.25) is 9.78 Å². The van der Waals surface area contributed by atoms with Crippen molar-refractivity contribution in [2.45, 2.75) is 33.1 Å². The van der Waals surface area contributed by atoms with Crippen LogP contribution in [0.1, 0.15) is 30.8 Å². The van der Waals surface area contributed by atoms with Crippen LogP contribution < -0.4 is 9.47 Å². The fraction of sp³-hybridized carbons (Fsp3) is 0.310. The molecule has 0 N–H and O–H groups in total. The number of aromatic nitrogens is 2. The zero-order chi connectivity index (χ0) is 26.9. The number of thiazole rings is 1. The molecule has 0 atom stereocenters. The van der Waals surface area contributed by atoms with E-state index in [4.69, 9.17) is 16.0 Å². The Kier molecular flexibility index (Phi) is 9.35. The molecule has 4 rings (SSSR count). The van der Waals surface area contributed by atoms with Crippen molar-refractivity contribution in [2.24, 2.45) is 0 Å². The number of nitrogens with zero attached hydrogens (tertiary/aromatic N) is 4. The van der Waals surface area contributed by atoms with Crippen molar-refractivity contribution in [2.75, 3.05) is 26.2 Å². The van der Waals surface area contributed by atoms with Crippen molar-refractivity contribution in [3.63, 3.8) is 0 Å². The smallest absolute Gasteiger partial charge is 0.229 e. The largest absolute Gasteiger partial charge is 0.504 e. The van der Waals surface area contributed by atoms with E-state index in [1.165, 1.54) is 17.4 Å². The molecule has 0 bridgehead atoms. The van der Waals surface area contributed by atoms with Crippen LogP contribution >= 0.6 is 11.3 Å². The molecule has 38 heavy (non-hydrogen) atoms. The molecule has 0 radical (unpaired) electrons. The SMILES string of the molecule is [C-]#[N+]c1cc2c(Oc3ccc(CC(=O)Cc4nccs4)c(F)c3)ccnc2cc1OCCCN(CC)CC. The van der Waals surface area contributed by atoms with E-state index in [0.29, 0.717) is 45.3 Å². The first-order valence-corrected chi connectivity index (χ1v) is 13.4. The molecule has 7 nitrogen and oxygen atoms in total. The number of Topliss-reactive ketones (excluding diaryl/α,β-unsaturated/α-hetero) is 1. The summed E-state index contributed by atoms with van der Waals surface area (Å²) in [7, 11) is 0. The Hall–Kier alpha value is -3.87. The third kappa shape index (κ3) is 6.91. The van der Waals surface area contributed by atoms with Crippen molar-refractivity contribution >= 4 is 33.7 Å². The third-order valence-corrected chi connectivity index (χ3v) is 6.92. The van der Waals surface area contributed by atoms with Crippen LogP contribution in [0.2, 0.25) is 0 Å². The summed E-state index contributed by atoms with van der Waals surface area (Å²) in [6.45, 7) is 15.3. The minimum atomic E-state index is -0.518. The first-order chi connectivity index (χ1) is 18.5. The summed E-state index contributed by atoms with van der Waals surface area (Å²) in [4.78, 5) is 26.8. The predicted octanol–water partition coefficient (Wildman–Crippen LogP) is 6.64. The lowest BCUT2D eigenvalue weighted by atomic mass is 10.1. The van der Waals surface area contributed by atoms with Gasteiger partial charge in [0, 0.05) is 42.2 Å². The summed E-state index contributed by atoms with van der Waals surface area (Å²) in [5.74, 6) is 0.586. The fourth-order valence-electron chi connectivity index (χ4n) is 4.08. The normalized spacial score (nSPS) is 11.0. The van der Waals surface area contributed by atoms with E-state index < -0.39 is 5.82 Å². The maximum atomic E-state index is 14.8. The fourth-order valence-corrected chi connectivity index (χ4v) is 4.73. The van der Waals surface area contributed by atoms with Crippen LogP contribution in [0.3, 0.4) is 0 Å². The number of benzene rings is 2. The average molecular weight is 533 g/mol. The molecule has 0 amide bonds. The van der Waals surface area contributed by atoms with Crippen LogP contribution in [0.25, 0.3) is 15.7 Å². The minimum absolute atomic E-state index is 0.0179. The number of ketones is 1. The van der Waals surface area contributed by atoms with Gasteiger partial charge in [0.2, 0.25) is 5.69 Å². The first-order valence-electron chi connectivity index (χ1n) is 12.5. The van der Waals surface area contributed by atoms with Gasteiger partial charge in [-0.2, -0.15) is 0 Å². The highest BCUT2D eigenvalue weighted by atomic mass is 32.1. The molecule has 4 aromatic rings. The topological polar surface area (TPSA) is 68.9 Å². The van der Waals surface area contributed by atoms with Gasteiger partial charge in [-0.05, 0) is 49.3 Å². The predicted molar refractivity (Wildman–Crippen MR) is 147 cm³/mol. The Morgan fingerprint density at radius 2 is 1.92 bits per heavy atom. The quantitative estimate of drug-likeness (QED) is 0.142. The van der Waals surface area contributed by atoms with E-state index in [9.17, 15) is 9.18 Å². The van der Waals surface area contributed by atoms with Crippen LogP contribution in [0.4, 0.5) is 10.1 Å². The maximum absolute atomic E-state index is 14.8. The zero-order valence-corrected chi connectivity index (χ0v) is 22.3. The Labute approximate surface area is 225 Å². The van der Waals surface area contributed by atoms with Gasteiger partial charge in [0.15, 0.2) is 0 Å². The van der Waals surface area contributed by atoms with E-state index in [0.717, 1.165) is 26.1 Å². The molecule has 0 fully saturated rings. The number of pyridine rings is 1. The zero-order valence-electron chi connectivity index (χ0n) is 21.4. The Morgan fingerprint density at radius 3 is 2.63 bits per heavy atom. The summed E-state index contributed by atoms with van der Waals surface area (Å²) >= 11 is 1.40. The van der Waals surface area contributed by atoms with E-state index in [1.807, 2.05) is 5.38 Å². The van der Waals surface area contributed by atoms with E-state index >= 15 is 0 Å². The average Bonchev–Trinajstić information content (AvgIpc) is 3.43. The van der Waals surface area contributed by atoms with Gasteiger partial charge in [-0.1, -0.05) is 19.9 Å². The van der Waals surface area contributed by atoms with E-state index in [-0.39, 0.29) is 24.4 Å². The number of carbonyl (C=O) groups excluding carboxylic acids is 1. The highest BCUT2D eigenvalue weighted by molar-refractivity contribution is 7.09. The van der Waals surface area contributed by atoms with Gasteiger partial charge in [0.05, 0.1) is 30.1 Å². The summed E-state index contributed by atoms with van der Waals surface area (Å²) in [5, 5.41) is 3.14. The molecule has 2 aromatic carbocycles. The third-order valence-electron chi connectivity index (χ3n) is 6.15. The van der Waals surface area contributed by atoms with Crippen molar-refractivity contribution in [1.29, 1.82) is 0 Å². The second-order valence-corrected chi connectivity index (χ2v) is 9.64. The van der Waals surface area contributed by atoms with Crippen LogP contribution in [-0.2, 0) is 17.6 Å². The summed E-state index contributed by atoms with van der Waals surface area (Å²) in [6, 6.07) is 9.55. The van der Waals surface area contributed by atoms with Crippen LogP contribution in [-0.4, -0.2) is 46.9 Å². The number of hydrogen-bond donors (Lipinski definition) is 0. The minimum Gasteiger partial charge on any atom is -0.504 e. The molecule has 0 aliphatic rings. The molecule has 0 aliphatic heterocycles. The van der Waals surface area contributed by atoms with Gasteiger partial charge in [0.1, 0.15) is 28.8 Å². The van der Waals surface area contributed by atoms with Gasteiger partial charge < -0.3 is 14.4 Å². The molecular formula is C29H29FN4O3S. The maximum Gasteiger partial charge on any atom is 0.229 e. The second-order valence-electron chi connectivity index (χ2n) is 8.66. The van der Waals surface area contributed by atoms with Crippen molar-refractivity contribution < 1.29 is 18.7 Å². The molecule has 196 valence electrons. The summed E-state index contributed by atoms with van der Waals surface area (Å²) in [5.41, 5.74) is 1.27. The molecule has 9 heteroatoms. The number of halogens is 1. The Bertz CT molecular complexity index is 1430. The number of carbonyl (C=O) groups is 1. The van der Waals surface area contributed by atoms with Gasteiger partial charge in [0.25, 0.3) is 0 Å². The van der Waals surface area contributed by atoms with E-state index in [2.05, 4.69) is 33.6 Å². The second kappa shape index (κ2) is 13.1. The lowest BCUT2D eigenvalue weighted by Crippen LogP contribution is -2.25. The van der Waals surface area contributed by atoms with Gasteiger partial charge in [-0.25, -0.2) is 14.2 Å². The molecule has 2 aromatic heterocycles. The molecular weight excluding hydrogens is 503 g/mol. The van der Waals surface area contributed by atoms with Crippen molar-refractivity contribution in [1.82, 2.24) is 14.9 Å². The lowest BCUT2D eigenvalue weighted by Gasteiger charge is -2.18. The first kappa shape index (κ1) is 27.2. The number of rotatable bonds is 13. The molecule has 2 heterocycles. The summed E-state index contributed by atoms with van der Waals surface area (Å²) < 4.78 is 26.7. The van der Waals surface area contributed by atoms with Crippen molar-refractivity contribution in [3.05, 3.63) is 82.0 Å². The highest BCUT2D eigenvalue weighted by Crippen LogP contribution is 2.37. The molecule has 0 aliphatic carbocycles. The molecule has 0 saturated carbocycles. The molecule has 0 saturated heterocycles. The summed E-state index contributed by atoms with van der Waals surface area (Å²) in [6.07, 6.45) is 4.26. The van der Waals surface area contributed by atoms with Crippen LogP contribution in [0.5, 0.6) is 17.2 Å². The highest BCUT2D eigenvalue weighted by Gasteiger charge is 2.14. The number of hydrogen-bond acceptors (Lipinski definition) is 7. The van der Waals surface area contributed by atoms with Gasteiger partial charge in [-0.15, -0.1) is 11.3 Å². The standard InChI is InChI=1S/C29H29FN4O3S/c1-4-34(5-2)12-6-13-36-28-19-25-23(18-26(28)31-3)27(9-10-32-25)37-22-8-7-20(24(30)17-22)15-21(35)16-29-33-11-14-38-29/h7-11,14,17-19H,4-6,12-13,15-16H2,1-2H3. The number of ether oxygens (including phenoxy) is 2. The lowest BCUT2D eigenvalue weighted by molar-refractivity contribution is -0.117. The molecule has 0 unspecified atom stereocenters. The Morgan fingerprint density at radius 1 is 1.08 bits per heavy atom. The van der Waals surface area contributed by atoms with E-state index in [1.54, 1.807) is 42.7 Å². The van der Waals surface area contributed by atoms with Crippen molar-refractivity contribution in [3.8, 4) is 17.2 Å². The van der Waals surface area contributed by atoms with Crippen LogP contribution in [0.15, 0.2) is 54.2 Å². The Balaban J connectivity index is 1.46. The molecule has 0 spiro atoms. The number of fused-ring (bicyclic) bond motifs is 1. The van der Waals surface area contributed by atoms with Gasteiger partial charge >= 0.3 is 0 Å².